The van der Waals surface area contributed by atoms with Crippen LogP contribution in [0.3, 0.4) is 0 Å². The van der Waals surface area contributed by atoms with Gasteiger partial charge in [0.15, 0.2) is 0 Å². The maximum Gasteiger partial charge on any atom is 0.305 e. The molecule has 118 valence electrons. The van der Waals surface area contributed by atoms with Crippen LogP contribution < -0.4 is 0 Å². The molecule has 0 aliphatic heterocycles. The first-order chi connectivity index (χ1) is 9.51. The van der Waals surface area contributed by atoms with E-state index >= 15 is 0 Å². The van der Waals surface area contributed by atoms with Crippen LogP contribution in [0.15, 0.2) is 0 Å². The summed E-state index contributed by atoms with van der Waals surface area (Å²) in [7, 11) is 2.77. The Morgan fingerprint density at radius 3 is 1.45 bits per heavy atom. The van der Waals surface area contributed by atoms with Gasteiger partial charge >= 0.3 is 11.9 Å². The van der Waals surface area contributed by atoms with E-state index in [1.165, 1.54) is 14.2 Å². The standard InChI is InChI=1S/C14H24Cl2O4/c1-19-13(17)9-5-3-7-11(15)12(16)8-4-6-10-14(18)20-2/h11-12H,3-10H2,1-2H3. The van der Waals surface area contributed by atoms with E-state index in [4.69, 9.17) is 23.2 Å². The summed E-state index contributed by atoms with van der Waals surface area (Å²) in [5, 5.41) is -0.208. The number of carbonyl (C=O) groups is 2. The van der Waals surface area contributed by atoms with Crippen molar-refractivity contribution in [2.24, 2.45) is 0 Å². The number of alkyl halides is 2. The molecule has 0 radical (unpaired) electrons. The molecule has 0 bridgehead atoms. The van der Waals surface area contributed by atoms with Gasteiger partial charge in [0.2, 0.25) is 0 Å². The number of hydrogen-bond donors (Lipinski definition) is 0. The lowest BCUT2D eigenvalue weighted by molar-refractivity contribution is -0.141. The molecule has 0 spiro atoms. The molecule has 0 aliphatic rings. The Labute approximate surface area is 131 Å². The van der Waals surface area contributed by atoms with Gasteiger partial charge in [-0.2, -0.15) is 0 Å². The van der Waals surface area contributed by atoms with Crippen molar-refractivity contribution in [1.82, 2.24) is 0 Å². The normalized spacial score (nSPS) is 13.6. The first-order valence-corrected chi connectivity index (χ1v) is 7.80. The highest BCUT2D eigenvalue weighted by atomic mass is 35.5. The third kappa shape index (κ3) is 10.3. The summed E-state index contributed by atoms with van der Waals surface area (Å²) in [4.78, 5) is 21.9. The van der Waals surface area contributed by atoms with Gasteiger partial charge in [-0.05, 0) is 25.7 Å². The van der Waals surface area contributed by atoms with E-state index in [2.05, 4.69) is 9.47 Å². The van der Waals surface area contributed by atoms with E-state index in [1.54, 1.807) is 0 Å². The van der Waals surface area contributed by atoms with E-state index in [0.29, 0.717) is 12.8 Å². The lowest BCUT2D eigenvalue weighted by Gasteiger charge is -2.15. The van der Waals surface area contributed by atoms with Crippen molar-refractivity contribution in [3.8, 4) is 0 Å². The number of carbonyl (C=O) groups excluding carboxylic acids is 2. The summed E-state index contributed by atoms with van der Waals surface area (Å²) >= 11 is 12.4. The van der Waals surface area contributed by atoms with E-state index in [9.17, 15) is 9.59 Å². The minimum absolute atomic E-state index is 0.104. The first kappa shape index (κ1) is 19.5. The molecule has 0 aromatic rings. The second-order valence-corrected chi connectivity index (χ2v) is 5.80. The van der Waals surface area contributed by atoms with Crippen molar-refractivity contribution in [3.05, 3.63) is 0 Å². The van der Waals surface area contributed by atoms with Crippen LogP contribution in [0.4, 0.5) is 0 Å². The average Bonchev–Trinajstić information content (AvgIpc) is 2.46. The Morgan fingerprint density at radius 1 is 0.800 bits per heavy atom. The average molecular weight is 327 g/mol. The molecule has 0 aliphatic carbocycles. The smallest absolute Gasteiger partial charge is 0.305 e. The van der Waals surface area contributed by atoms with Crippen LogP contribution in [-0.2, 0) is 19.1 Å². The maximum absolute atomic E-state index is 10.9. The Kier molecular flexibility index (Phi) is 12.0. The second-order valence-electron chi connectivity index (χ2n) is 4.68. The van der Waals surface area contributed by atoms with Crippen molar-refractivity contribution < 1.29 is 19.1 Å². The van der Waals surface area contributed by atoms with Crippen LogP contribution in [0, 0.1) is 0 Å². The second kappa shape index (κ2) is 12.3. The highest BCUT2D eigenvalue weighted by molar-refractivity contribution is 6.29. The molecule has 0 aromatic heterocycles. The van der Waals surface area contributed by atoms with Gasteiger partial charge in [-0.3, -0.25) is 9.59 Å². The first-order valence-electron chi connectivity index (χ1n) is 6.93. The van der Waals surface area contributed by atoms with Crippen molar-refractivity contribution in [1.29, 1.82) is 0 Å². The fourth-order valence-electron chi connectivity index (χ4n) is 1.78. The van der Waals surface area contributed by atoms with Crippen molar-refractivity contribution in [2.45, 2.75) is 62.1 Å². The molecule has 0 amide bonds. The maximum atomic E-state index is 10.9. The summed E-state index contributed by atoms with van der Waals surface area (Å²) < 4.78 is 9.13. The van der Waals surface area contributed by atoms with Crippen LogP contribution in [0.5, 0.6) is 0 Å². The van der Waals surface area contributed by atoms with Crippen LogP contribution in [-0.4, -0.2) is 36.9 Å². The van der Waals surface area contributed by atoms with E-state index in [0.717, 1.165) is 38.5 Å². The predicted molar refractivity (Wildman–Crippen MR) is 80.3 cm³/mol. The molecule has 4 nitrogen and oxygen atoms in total. The molecule has 0 rings (SSSR count). The molecular weight excluding hydrogens is 303 g/mol. The monoisotopic (exact) mass is 326 g/mol. The quantitative estimate of drug-likeness (QED) is 0.330. The van der Waals surface area contributed by atoms with Gasteiger partial charge in [0.1, 0.15) is 0 Å². The summed E-state index contributed by atoms with van der Waals surface area (Å²) in [6.07, 6.45) is 5.65. The molecule has 0 heterocycles. The van der Waals surface area contributed by atoms with Crippen LogP contribution in [0.2, 0.25) is 0 Å². The Hall–Kier alpha value is -0.480. The molecular formula is C14H24Cl2O4. The zero-order valence-corrected chi connectivity index (χ0v) is 13.7. The third-order valence-electron chi connectivity index (χ3n) is 3.07. The van der Waals surface area contributed by atoms with E-state index in [-0.39, 0.29) is 22.7 Å². The summed E-state index contributed by atoms with van der Waals surface area (Å²) in [5.41, 5.74) is 0. The van der Waals surface area contributed by atoms with Gasteiger partial charge in [0, 0.05) is 23.6 Å². The summed E-state index contributed by atoms with van der Waals surface area (Å²) in [6, 6.07) is 0. The van der Waals surface area contributed by atoms with Crippen molar-refractivity contribution in [2.75, 3.05) is 14.2 Å². The predicted octanol–water partition coefficient (Wildman–Crippen LogP) is 3.67. The molecule has 0 fully saturated rings. The van der Waals surface area contributed by atoms with Crippen LogP contribution in [0.25, 0.3) is 0 Å². The Balaban J connectivity index is 3.58. The molecule has 0 aromatic carbocycles. The fourth-order valence-corrected chi connectivity index (χ4v) is 2.34. The number of hydrogen-bond acceptors (Lipinski definition) is 4. The van der Waals surface area contributed by atoms with Crippen molar-refractivity contribution >= 4 is 35.1 Å². The minimum atomic E-state index is -0.193. The highest BCUT2D eigenvalue weighted by Gasteiger charge is 2.16. The number of rotatable bonds is 11. The molecule has 2 unspecified atom stereocenters. The number of unbranched alkanes of at least 4 members (excludes halogenated alkanes) is 2. The van der Waals surface area contributed by atoms with Crippen LogP contribution in [0.1, 0.15) is 51.4 Å². The highest BCUT2D eigenvalue weighted by Crippen LogP contribution is 2.22. The zero-order chi connectivity index (χ0) is 15.4. The number of methoxy groups -OCH3 is 2. The summed E-state index contributed by atoms with van der Waals surface area (Å²) in [5.74, 6) is -0.386. The van der Waals surface area contributed by atoms with Gasteiger partial charge in [-0.1, -0.05) is 12.8 Å². The zero-order valence-electron chi connectivity index (χ0n) is 12.2. The van der Waals surface area contributed by atoms with Gasteiger partial charge in [0.25, 0.3) is 0 Å². The van der Waals surface area contributed by atoms with Crippen LogP contribution >= 0.6 is 23.2 Å². The molecule has 0 N–H and O–H groups in total. The molecule has 6 heteroatoms. The van der Waals surface area contributed by atoms with Gasteiger partial charge < -0.3 is 9.47 Å². The number of ether oxygens (including phenoxy) is 2. The third-order valence-corrected chi connectivity index (χ3v) is 4.24. The Bertz CT molecular complexity index is 256. The molecule has 0 saturated carbocycles. The molecule has 20 heavy (non-hydrogen) atoms. The van der Waals surface area contributed by atoms with Gasteiger partial charge in [-0.25, -0.2) is 0 Å². The lowest BCUT2D eigenvalue weighted by Crippen LogP contribution is -2.15. The van der Waals surface area contributed by atoms with Gasteiger partial charge in [-0.15, -0.1) is 23.2 Å². The topological polar surface area (TPSA) is 52.6 Å². The SMILES string of the molecule is COC(=O)CCCCC(Cl)C(Cl)CCCCC(=O)OC. The number of halogens is 2. The largest absolute Gasteiger partial charge is 0.469 e. The lowest BCUT2D eigenvalue weighted by atomic mass is 10.1. The molecule has 0 saturated heterocycles. The summed E-state index contributed by atoms with van der Waals surface area (Å²) in [6.45, 7) is 0. The number of esters is 2. The van der Waals surface area contributed by atoms with Crippen molar-refractivity contribution in [3.63, 3.8) is 0 Å². The van der Waals surface area contributed by atoms with Gasteiger partial charge in [0.05, 0.1) is 14.2 Å². The minimum Gasteiger partial charge on any atom is -0.469 e. The fraction of sp³-hybridized carbons (Fsp3) is 0.857. The van der Waals surface area contributed by atoms with E-state index < -0.39 is 0 Å². The Morgan fingerprint density at radius 2 is 1.15 bits per heavy atom. The molecule has 2 atom stereocenters. The van der Waals surface area contributed by atoms with E-state index in [1.807, 2.05) is 0 Å².